The summed E-state index contributed by atoms with van der Waals surface area (Å²) in [5.74, 6) is 6.57. The lowest BCUT2D eigenvalue weighted by molar-refractivity contribution is -0.0388. The van der Waals surface area contributed by atoms with Crippen LogP contribution in [0.25, 0.3) is 22.0 Å². The Bertz CT molecular complexity index is 1170. The largest absolute Gasteiger partial charge is 0.381 e. The zero-order chi connectivity index (χ0) is 23.6. The summed E-state index contributed by atoms with van der Waals surface area (Å²) in [6.07, 6.45) is 6.17. The molecule has 1 fully saturated rings. The van der Waals surface area contributed by atoms with Gasteiger partial charge in [-0.3, -0.25) is 0 Å². The van der Waals surface area contributed by atoms with E-state index < -0.39 is 13.7 Å². The van der Waals surface area contributed by atoms with E-state index in [2.05, 4.69) is 65.7 Å². The molecule has 3 aromatic rings. The summed E-state index contributed by atoms with van der Waals surface area (Å²) in [6, 6.07) is 7.40. The fraction of sp³-hybridized carbons (Fsp3) is 0.500. The highest BCUT2D eigenvalue weighted by atomic mass is 28.3. The zero-order valence-corrected chi connectivity index (χ0v) is 21.4. The van der Waals surface area contributed by atoms with Crippen LogP contribution >= 0.6 is 0 Å². The number of fused-ring (bicyclic) bond motifs is 1. The molecule has 1 aliphatic rings. The Morgan fingerprint density at radius 3 is 2.70 bits per heavy atom. The average Bonchev–Trinajstić information content (AvgIpc) is 3.29. The van der Waals surface area contributed by atoms with E-state index in [1.165, 1.54) is 5.52 Å². The predicted octanol–water partition coefficient (Wildman–Crippen LogP) is 4.59. The molecule has 0 atom stereocenters. The summed E-state index contributed by atoms with van der Waals surface area (Å²) >= 11 is 0. The Hall–Kier alpha value is -2.37. The first kappa shape index (κ1) is 23.8. The van der Waals surface area contributed by atoms with Gasteiger partial charge < -0.3 is 19.1 Å². The van der Waals surface area contributed by atoms with E-state index >= 15 is 0 Å². The minimum atomic E-state index is -1.10. The van der Waals surface area contributed by atoms with Crippen molar-refractivity contribution in [2.75, 3.05) is 19.8 Å². The van der Waals surface area contributed by atoms with Crippen LogP contribution in [-0.2, 0) is 22.7 Å². The lowest BCUT2D eigenvalue weighted by Crippen LogP contribution is -2.31. The van der Waals surface area contributed by atoms with Crippen LogP contribution in [-0.4, -0.2) is 52.9 Å². The lowest BCUT2D eigenvalue weighted by atomic mass is 10.0. The van der Waals surface area contributed by atoms with Gasteiger partial charge in [-0.05, 0) is 38.1 Å². The normalized spacial score (nSPS) is 14.8. The SMILES string of the molecule is CC(C)(O)C#Cc1ccc2c(c1)c(-c1cnn(COCC[Si](C)(C)C)c1)cn2CC1COC1. The van der Waals surface area contributed by atoms with Crippen LogP contribution in [0.1, 0.15) is 19.4 Å². The van der Waals surface area contributed by atoms with Gasteiger partial charge in [-0.15, -0.1) is 0 Å². The van der Waals surface area contributed by atoms with Gasteiger partial charge in [-0.1, -0.05) is 31.5 Å². The smallest absolute Gasteiger partial charge is 0.139 e. The molecule has 0 saturated carbocycles. The average molecular weight is 466 g/mol. The van der Waals surface area contributed by atoms with Crippen LogP contribution in [0.4, 0.5) is 0 Å². The number of hydrogen-bond donors (Lipinski definition) is 1. The summed E-state index contributed by atoms with van der Waals surface area (Å²) in [5.41, 5.74) is 3.22. The van der Waals surface area contributed by atoms with Crippen LogP contribution < -0.4 is 0 Å². The van der Waals surface area contributed by atoms with Gasteiger partial charge in [-0.25, -0.2) is 4.68 Å². The quantitative estimate of drug-likeness (QED) is 0.300. The molecule has 176 valence electrons. The van der Waals surface area contributed by atoms with E-state index in [-0.39, 0.29) is 0 Å². The molecule has 2 aromatic heterocycles. The van der Waals surface area contributed by atoms with Crippen LogP contribution in [0, 0.1) is 17.8 Å². The zero-order valence-electron chi connectivity index (χ0n) is 20.4. The van der Waals surface area contributed by atoms with Gasteiger partial charge in [0.15, 0.2) is 0 Å². The standard InChI is InChI=1S/C26H35N3O3Si/c1-26(2,30)9-8-20-6-7-25-23(12-20)24(16-28(25)14-21-17-32-18-21)22-13-27-29(15-22)19-31-10-11-33(3,4)5/h6-7,12-13,15-16,21,30H,10-11,14,17-19H2,1-5H3. The van der Waals surface area contributed by atoms with Crippen molar-refractivity contribution in [2.24, 2.45) is 5.92 Å². The van der Waals surface area contributed by atoms with Gasteiger partial charge in [0.25, 0.3) is 0 Å². The molecule has 0 amide bonds. The van der Waals surface area contributed by atoms with Crippen molar-refractivity contribution in [3.63, 3.8) is 0 Å². The van der Waals surface area contributed by atoms with E-state index in [4.69, 9.17) is 9.47 Å². The number of aromatic nitrogens is 3. The monoisotopic (exact) mass is 465 g/mol. The first-order valence-corrected chi connectivity index (χ1v) is 15.3. The van der Waals surface area contributed by atoms with E-state index in [1.807, 2.05) is 16.9 Å². The highest BCUT2D eigenvalue weighted by Gasteiger charge is 2.21. The van der Waals surface area contributed by atoms with E-state index in [9.17, 15) is 5.11 Å². The minimum Gasteiger partial charge on any atom is -0.381 e. The molecule has 0 aliphatic carbocycles. The Kier molecular flexibility index (Phi) is 6.82. The van der Waals surface area contributed by atoms with Gasteiger partial charge in [0.1, 0.15) is 12.3 Å². The second kappa shape index (κ2) is 9.47. The highest BCUT2D eigenvalue weighted by Crippen LogP contribution is 2.32. The molecule has 7 heteroatoms. The van der Waals surface area contributed by atoms with Gasteiger partial charge in [0.05, 0.1) is 19.4 Å². The molecular formula is C26H35N3O3Si. The van der Waals surface area contributed by atoms with Gasteiger partial charge >= 0.3 is 0 Å². The van der Waals surface area contributed by atoms with Crippen molar-refractivity contribution in [3.05, 3.63) is 42.4 Å². The fourth-order valence-corrected chi connectivity index (χ4v) is 4.52. The van der Waals surface area contributed by atoms with E-state index in [0.29, 0.717) is 12.6 Å². The van der Waals surface area contributed by atoms with Crippen molar-refractivity contribution in [1.29, 1.82) is 0 Å². The Morgan fingerprint density at radius 1 is 1.24 bits per heavy atom. The summed E-state index contributed by atoms with van der Waals surface area (Å²) < 4.78 is 15.4. The van der Waals surface area contributed by atoms with Crippen LogP contribution in [0.5, 0.6) is 0 Å². The van der Waals surface area contributed by atoms with Crippen LogP contribution in [0.2, 0.25) is 25.7 Å². The number of nitrogens with zero attached hydrogens (tertiary/aromatic N) is 3. The molecule has 1 saturated heterocycles. The van der Waals surface area contributed by atoms with Crippen molar-refractivity contribution >= 4 is 19.0 Å². The molecular weight excluding hydrogens is 430 g/mol. The molecule has 1 aromatic carbocycles. The second-order valence-electron chi connectivity index (χ2n) is 10.8. The molecule has 1 N–H and O–H groups in total. The molecule has 4 rings (SSSR count). The summed E-state index contributed by atoms with van der Waals surface area (Å²) in [6.45, 7) is 14.3. The Morgan fingerprint density at radius 2 is 2.03 bits per heavy atom. The molecule has 33 heavy (non-hydrogen) atoms. The third-order valence-corrected chi connectivity index (χ3v) is 7.42. The summed E-state index contributed by atoms with van der Waals surface area (Å²) in [4.78, 5) is 0. The summed E-state index contributed by atoms with van der Waals surface area (Å²) in [7, 11) is -1.10. The molecule has 1 aliphatic heterocycles. The second-order valence-corrected chi connectivity index (χ2v) is 16.4. The van der Waals surface area contributed by atoms with Gasteiger partial charge in [0.2, 0.25) is 0 Å². The van der Waals surface area contributed by atoms with Gasteiger partial charge in [0, 0.05) is 67.1 Å². The van der Waals surface area contributed by atoms with Crippen molar-refractivity contribution < 1.29 is 14.6 Å². The molecule has 0 radical (unpaired) electrons. The number of benzene rings is 1. The molecule has 6 nitrogen and oxygen atoms in total. The molecule has 0 unspecified atom stereocenters. The topological polar surface area (TPSA) is 61.4 Å². The van der Waals surface area contributed by atoms with E-state index in [0.717, 1.165) is 54.5 Å². The number of ether oxygens (including phenoxy) is 2. The highest BCUT2D eigenvalue weighted by molar-refractivity contribution is 6.76. The van der Waals surface area contributed by atoms with Crippen molar-refractivity contribution in [3.8, 4) is 23.0 Å². The molecule has 0 spiro atoms. The number of aliphatic hydroxyl groups is 1. The van der Waals surface area contributed by atoms with Crippen molar-refractivity contribution in [2.45, 2.75) is 58.4 Å². The lowest BCUT2D eigenvalue weighted by Gasteiger charge is -2.26. The van der Waals surface area contributed by atoms with Crippen LogP contribution in [0.15, 0.2) is 36.8 Å². The maximum absolute atomic E-state index is 9.99. The number of rotatable bonds is 8. The Balaban J connectivity index is 1.61. The number of hydrogen-bond acceptors (Lipinski definition) is 4. The minimum absolute atomic E-state index is 0.463. The summed E-state index contributed by atoms with van der Waals surface area (Å²) in [5, 5.41) is 15.7. The van der Waals surface area contributed by atoms with E-state index in [1.54, 1.807) is 13.8 Å². The van der Waals surface area contributed by atoms with Crippen LogP contribution in [0.3, 0.4) is 0 Å². The first-order chi connectivity index (χ1) is 15.6. The Labute approximate surface area is 197 Å². The molecule has 0 bridgehead atoms. The first-order valence-electron chi connectivity index (χ1n) is 11.6. The fourth-order valence-electron chi connectivity index (χ4n) is 3.76. The maximum Gasteiger partial charge on any atom is 0.139 e. The van der Waals surface area contributed by atoms with Crippen molar-refractivity contribution in [1.82, 2.24) is 14.3 Å². The maximum atomic E-state index is 9.99. The third-order valence-electron chi connectivity index (χ3n) is 5.72. The third kappa shape index (κ3) is 6.36. The predicted molar refractivity (Wildman–Crippen MR) is 135 cm³/mol. The molecule has 3 heterocycles. The van der Waals surface area contributed by atoms with Gasteiger partial charge in [-0.2, -0.15) is 5.10 Å².